The summed E-state index contributed by atoms with van der Waals surface area (Å²) in [7, 11) is 1.64. The van der Waals surface area contributed by atoms with Gasteiger partial charge in [0.05, 0.1) is 28.8 Å². The highest BCUT2D eigenvalue weighted by molar-refractivity contribution is 6.09. The Morgan fingerprint density at radius 2 is 1.97 bits per heavy atom. The van der Waals surface area contributed by atoms with Crippen molar-refractivity contribution in [1.29, 1.82) is 0 Å². The molecule has 0 bridgehead atoms. The number of nitro benzene ring substituents is 1. The molecule has 4 rings (SSSR count). The van der Waals surface area contributed by atoms with Gasteiger partial charge in [-0.25, -0.2) is 0 Å². The summed E-state index contributed by atoms with van der Waals surface area (Å²) >= 11 is 0. The van der Waals surface area contributed by atoms with Crippen LogP contribution in [0.25, 0.3) is 27.9 Å². The normalized spacial score (nSPS) is 11.3. The van der Waals surface area contributed by atoms with Gasteiger partial charge in [-0.2, -0.15) is 0 Å². The Bertz CT molecular complexity index is 1340. The molecule has 4 aromatic rings. The number of nitrogens with one attached hydrogen (secondary N) is 1. The molecule has 0 radical (unpaired) electrons. The highest BCUT2D eigenvalue weighted by Crippen LogP contribution is 2.32. The van der Waals surface area contributed by atoms with Crippen LogP contribution in [0.2, 0.25) is 0 Å². The molecular weight excluding hydrogens is 408 g/mol. The van der Waals surface area contributed by atoms with Gasteiger partial charge >= 0.3 is 0 Å². The van der Waals surface area contributed by atoms with E-state index in [2.05, 4.69) is 14.9 Å². The minimum absolute atomic E-state index is 0.0131. The largest absolute Gasteiger partial charge is 0.497 e. The third kappa shape index (κ3) is 4.15. The van der Waals surface area contributed by atoms with Crippen molar-refractivity contribution in [2.24, 2.45) is 0 Å². The first-order valence-corrected chi connectivity index (χ1v) is 10.1. The van der Waals surface area contributed by atoms with Crippen LogP contribution in [0.5, 0.6) is 5.75 Å². The van der Waals surface area contributed by atoms with Crippen molar-refractivity contribution in [3.05, 3.63) is 82.2 Å². The van der Waals surface area contributed by atoms with E-state index < -0.39 is 4.92 Å². The number of carbonyl (C=O) groups excluding carboxylic acids is 1. The lowest BCUT2D eigenvalue weighted by atomic mass is 10.1. The number of aryl methyl sites for hydroxylation is 1. The zero-order chi connectivity index (χ0) is 22.7. The zero-order valence-electron chi connectivity index (χ0n) is 17.7. The summed E-state index contributed by atoms with van der Waals surface area (Å²) in [4.78, 5) is 27.0. The lowest BCUT2D eigenvalue weighted by Crippen LogP contribution is -2.25. The second kappa shape index (κ2) is 8.89. The van der Waals surface area contributed by atoms with Gasteiger partial charge in [0.15, 0.2) is 0 Å². The number of carbonyl (C=O) groups is 1. The molecule has 162 valence electrons. The van der Waals surface area contributed by atoms with Gasteiger partial charge in [0.2, 0.25) is 5.91 Å². The monoisotopic (exact) mass is 430 g/mol. The van der Waals surface area contributed by atoms with Crippen LogP contribution < -0.4 is 10.1 Å². The lowest BCUT2D eigenvalue weighted by molar-refractivity contribution is -0.384. The number of methoxy groups -OCH3 is 1. The van der Waals surface area contributed by atoms with Gasteiger partial charge in [-0.3, -0.25) is 19.9 Å². The summed E-state index contributed by atoms with van der Waals surface area (Å²) in [6, 6.07) is 14.0. The molecule has 0 saturated carbocycles. The number of hydrogen-bond donors (Lipinski definition) is 1. The standard InChI is InChI=1S/C24H22N4O4/c1-16-24-21(11-12-25-16)20-9-8-19(32-2)15-22(20)27(24)14-13-26-23(29)10-5-17-3-6-18(7-4-17)28(30)31/h3-12,15H,13-14H2,1-2H3,(H,26,29)/b10-5+. The van der Waals surface area contributed by atoms with Crippen LogP contribution in [0.4, 0.5) is 5.69 Å². The highest BCUT2D eigenvalue weighted by Gasteiger charge is 2.14. The fourth-order valence-corrected chi connectivity index (χ4v) is 3.79. The molecule has 32 heavy (non-hydrogen) atoms. The van der Waals surface area contributed by atoms with Gasteiger partial charge in [0.1, 0.15) is 5.75 Å². The maximum absolute atomic E-state index is 12.3. The minimum Gasteiger partial charge on any atom is -0.497 e. The number of fused-ring (bicyclic) bond motifs is 3. The van der Waals surface area contributed by atoms with Gasteiger partial charge in [-0.05, 0) is 48.9 Å². The van der Waals surface area contributed by atoms with E-state index in [0.717, 1.165) is 33.2 Å². The predicted octanol–water partition coefficient (Wildman–Crippen LogP) is 4.24. The number of aromatic nitrogens is 2. The van der Waals surface area contributed by atoms with Crippen LogP contribution in [0.15, 0.2) is 60.8 Å². The molecule has 2 heterocycles. The van der Waals surface area contributed by atoms with Crippen LogP contribution in [-0.4, -0.2) is 34.0 Å². The topological polar surface area (TPSA) is 99.3 Å². The van der Waals surface area contributed by atoms with Gasteiger partial charge < -0.3 is 14.6 Å². The Morgan fingerprint density at radius 3 is 2.69 bits per heavy atom. The van der Waals surface area contributed by atoms with Crippen molar-refractivity contribution in [2.75, 3.05) is 13.7 Å². The smallest absolute Gasteiger partial charge is 0.269 e. The third-order valence-electron chi connectivity index (χ3n) is 5.33. The molecule has 0 aliphatic heterocycles. The molecule has 2 aromatic carbocycles. The first kappa shape index (κ1) is 21.0. The average molecular weight is 430 g/mol. The number of benzene rings is 2. The van der Waals surface area contributed by atoms with Gasteiger partial charge in [-0.15, -0.1) is 0 Å². The van der Waals surface area contributed by atoms with Gasteiger partial charge in [0.25, 0.3) is 5.69 Å². The van der Waals surface area contributed by atoms with Crippen LogP contribution in [0.3, 0.4) is 0 Å². The zero-order valence-corrected chi connectivity index (χ0v) is 17.7. The molecule has 2 aromatic heterocycles. The van der Waals surface area contributed by atoms with E-state index in [1.54, 1.807) is 31.5 Å². The second-order valence-corrected chi connectivity index (χ2v) is 7.30. The summed E-state index contributed by atoms with van der Waals surface area (Å²) in [6.07, 6.45) is 4.85. The first-order chi connectivity index (χ1) is 15.5. The van der Waals surface area contributed by atoms with Gasteiger partial charge in [-0.1, -0.05) is 0 Å². The number of nitro groups is 1. The number of amides is 1. The fraction of sp³-hybridized carbons (Fsp3) is 0.167. The Kier molecular flexibility index (Phi) is 5.85. The van der Waals surface area contributed by atoms with Crippen molar-refractivity contribution in [3.63, 3.8) is 0 Å². The van der Waals surface area contributed by atoms with E-state index in [1.807, 2.05) is 31.2 Å². The molecule has 0 fully saturated rings. The first-order valence-electron chi connectivity index (χ1n) is 10.1. The van der Waals surface area contributed by atoms with Crippen molar-refractivity contribution in [1.82, 2.24) is 14.9 Å². The maximum atomic E-state index is 12.3. The molecule has 0 spiro atoms. The number of ether oxygens (including phenoxy) is 1. The number of non-ortho nitro benzene ring substituents is 1. The summed E-state index contributed by atoms with van der Waals surface area (Å²) < 4.78 is 7.54. The minimum atomic E-state index is -0.457. The number of nitrogens with zero attached hydrogens (tertiary/aromatic N) is 3. The van der Waals surface area contributed by atoms with Crippen LogP contribution in [0, 0.1) is 17.0 Å². The lowest BCUT2D eigenvalue weighted by Gasteiger charge is -2.10. The van der Waals surface area contributed by atoms with Crippen LogP contribution in [-0.2, 0) is 11.3 Å². The Labute approximate surface area is 184 Å². The average Bonchev–Trinajstić information content (AvgIpc) is 3.12. The molecule has 0 unspecified atom stereocenters. The third-order valence-corrected chi connectivity index (χ3v) is 5.33. The molecule has 0 saturated heterocycles. The molecule has 8 nitrogen and oxygen atoms in total. The molecule has 0 aliphatic carbocycles. The molecular formula is C24H22N4O4. The van der Waals surface area contributed by atoms with E-state index in [0.29, 0.717) is 18.7 Å². The van der Waals surface area contributed by atoms with Crippen molar-refractivity contribution < 1.29 is 14.5 Å². The maximum Gasteiger partial charge on any atom is 0.269 e. The van der Waals surface area contributed by atoms with E-state index in [-0.39, 0.29) is 11.6 Å². The Hall–Kier alpha value is -4.20. The van der Waals surface area contributed by atoms with Crippen LogP contribution in [0.1, 0.15) is 11.3 Å². The molecule has 0 aliphatic rings. The highest BCUT2D eigenvalue weighted by atomic mass is 16.6. The number of pyridine rings is 1. The fourth-order valence-electron chi connectivity index (χ4n) is 3.79. The van der Waals surface area contributed by atoms with Crippen molar-refractivity contribution in [3.8, 4) is 5.75 Å². The van der Waals surface area contributed by atoms with Crippen LogP contribution >= 0.6 is 0 Å². The predicted molar refractivity (Wildman–Crippen MR) is 124 cm³/mol. The summed E-state index contributed by atoms with van der Waals surface area (Å²) in [6.45, 7) is 2.96. The number of rotatable bonds is 7. The Balaban J connectivity index is 1.50. The van der Waals surface area contributed by atoms with E-state index in [1.165, 1.54) is 18.2 Å². The molecule has 1 N–H and O–H groups in total. The SMILES string of the molecule is COc1ccc2c3ccnc(C)c3n(CCNC(=O)/C=C/c3ccc([N+](=O)[O-])cc3)c2c1. The summed E-state index contributed by atoms with van der Waals surface area (Å²) in [5.74, 6) is 0.527. The second-order valence-electron chi connectivity index (χ2n) is 7.30. The summed E-state index contributed by atoms with van der Waals surface area (Å²) in [5, 5.41) is 15.8. The number of hydrogen-bond acceptors (Lipinski definition) is 5. The van der Waals surface area contributed by atoms with Gasteiger partial charge in [0, 0.05) is 54.3 Å². The molecule has 8 heteroatoms. The van der Waals surface area contributed by atoms with E-state index in [4.69, 9.17) is 4.74 Å². The quantitative estimate of drug-likeness (QED) is 0.269. The molecule has 0 atom stereocenters. The Morgan fingerprint density at radius 1 is 1.19 bits per heavy atom. The van der Waals surface area contributed by atoms with Crippen molar-refractivity contribution in [2.45, 2.75) is 13.5 Å². The van der Waals surface area contributed by atoms with E-state index in [9.17, 15) is 14.9 Å². The van der Waals surface area contributed by atoms with E-state index >= 15 is 0 Å². The van der Waals surface area contributed by atoms with Crippen molar-refractivity contribution >= 4 is 39.5 Å². The molecule has 1 amide bonds. The summed E-state index contributed by atoms with van der Waals surface area (Å²) in [5.41, 5.74) is 3.70.